The second kappa shape index (κ2) is 2.81. The van der Waals surface area contributed by atoms with Gasteiger partial charge in [0, 0.05) is 11.0 Å². The normalized spacial score (nSPS) is 13.0. The predicted octanol–water partition coefficient (Wildman–Crippen LogP) is 1.61. The molecule has 68 valence electrons. The number of hydrogen-bond acceptors (Lipinski definition) is 5. The molecule has 1 aliphatic rings. The Morgan fingerprint density at radius 3 is 2.92 bits per heavy atom. The largest absolute Gasteiger partial charge is 0.453 e. The van der Waals surface area contributed by atoms with Crippen molar-refractivity contribution in [2.75, 3.05) is 6.79 Å². The van der Waals surface area contributed by atoms with Crippen LogP contribution in [0, 0.1) is 10.1 Å². The summed E-state index contributed by atoms with van der Waals surface area (Å²) in [7, 11) is 0. The van der Waals surface area contributed by atoms with E-state index in [0.717, 1.165) is 0 Å². The molecule has 0 spiro atoms. The molecule has 6 heteroatoms. The minimum atomic E-state index is -0.521. The zero-order valence-corrected chi connectivity index (χ0v) is 7.28. The van der Waals surface area contributed by atoms with Crippen LogP contribution in [0.2, 0.25) is 0 Å². The fraction of sp³-hybridized carbons (Fsp3) is 0.143. The Balaban J connectivity index is 2.62. The number of fused-ring (bicyclic) bond motifs is 1. The lowest BCUT2D eigenvalue weighted by Crippen LogP contribution is -1.94. The molecule has 0 aromatic heterocycles. The molecule has 0 radical (unpaired) electrons. The zero-order valence-electron chi connectivity index (χ0n) is 6.39. The highest BCUT2D eigenvalue weighted by molar-refractivity contribution is 7.80. The van der Waals surface area contributed by atoms with Gasteiger partial charge in [0.15, 0.2) is 5.75 Å². The smallest absolute Gasteiger partial charge is 0.316 e. The molecule has 0 fully saturated rings. The maximum absolute atomic E-state index is 10.5. The van der Waals surface area contributed by atoms with Gasteiger partial charge in [-0.15, -0.1) is 12.6 Å². The molecule has 2 rings (SSSR count). The highest BCUT2D eigenvalue weighted by Gasteiger charge is 2.25. The molecular formula is C7H5NO4S. The van der Waals surface area contributed by atoms with Gasteiger partial charge in [-0.1, -0.05) is 0 Å². The van der Waals surface area contributed by atoms with Crippen LogP contribution in [0.4, 0.5) is 5.69 Å². The molecule has 0 amide bonds. The quantitative estimate of drug-likeness (QED) is 0.424. The first-order valence-electron chi connectivity index (χ1n) is 3.45. The summed E-state index contributed by atoms with van der Waals surface area (Å²) in [5.74, 6) is 0.557. The standard InChI is InChI=1S/C7H5NO4S/c9-8(10)5-1-4(13)2-6-7(5)12-3-11-6/h1-2,13H,3H2. The van der Waals surface area contributed by atoms with Crippen molar-refractivity contribution in [2.45, 2.75) is 4.90 Å². The predicted molar refractivity (Wildman–Crippen MR) is 46.5 cm³/mol. The van der Waals surface area contributed by atoms with Gasteiger partial charge in [-0.3, -0.25) is 10.1 Å². The number of rotatable bonds is 1. The van der Waals surface area contributed by atoms with Crippen LogP contribution in [0.3, 0.4) is 0 Å². The lowest BCUT2D eigenvalue weighted by Gasteiger charge is -1.98. The first-order valence-corrected chi connectivity index (χ1v) is 3.90. The van der Waals surface area contributed by atoms with Crippen molar-refractivity contribution < 1.29 is 14.4 Å². The molecule has 5 nitrogen and oxygen atoms in total. The molecule has 1 aromatic rings. The molecule has 0 bridgehead atoms. The molecule has 0 unspecified atom stereocenters. The number of benzene rings is 1. The summed E-state index contributed by atoms with van der Waals surface area (Å²) in [6.07, 6.45) is 0. The highest BCUT2D eigenvalue weighted by atomic mass is 32.1. The topological polar surface area (TPSA) is 61.6 Å². The molecule has 0 atom stereocenters. The summed E-state index contributed by atoms with van der Waals surface area (Å²) < 4.78 is 9.94. The second-order valence-electron chi connectivity index (χ2n) is 2.46. The summed E-state index contributed by atoms with van der Waals surface area (Å²) in [5, 5.41) is 10.5. The third-order valence-electron chi connectivity index (χ3n) is 1.63. The molecule has 0 N–H and O–H groups in total. The summed E-state index contributed by atoms with van der Waals surface area (Å²) in [6.45, 7) is 0.0212. The van der Waals surface area contributed by atoms with Gasteiger partial charge in [0.05, 0.1) is 4.92 Å². The average Bonchev–Trinajstić information content (AvgIpc) is 2.49. The van der Waals surface area contributed by atoms with Gasteiger partial charge in [-0.05, 0) is 6.07 Å². The van der Waals surface area contributed by atoms with Crippen LogP contribution in [0.5, 0.6) is 11.5 Å². The van der Waals surface area contributed by atoms with E-state index in [1.165, 1.54) is 6.07 Å². The number of nitrogens with zero attached hydrogens (tertiary/aromatic N) is 1. The number of nitro benzene ring substituents is 1. The second-order valence-corrected chi connectivity index (χ2v) is 2.97. The lowest BCUT2D eigenvalue weighted by molar-refractivity contribution is -0.385. The Morgan fingerprint density at radius 2 is 2.23 bits per heavy atom. The first-order chi connectivity index (χ1) is 6.18. The van der Waals surface area contributed by atoms with Crippen LogP contribution in [0.15, 0.2) is 17.0 Å². The van der Waals surface area contributed by atoms with Crippen molar-refractivity contribution in [3.05, 3.63) is 22.2 Å². The van der Waals surface area contributed by atoms with E-state index in [-0.39, 0.29) is 18.2 Å². The van der Waals surface area contributed by atoms with Gasteiger partial charge in [-0.25, -0.2) is 0 Å². The number of ether oxygens (including phenoxy) is 2. The van der Waals surface area contributed by atoms with E-state index < -0.39 is 4.92 Å². The first kappa shape index (κ1) is 8.18. The minimum absolute atomic E-state index is 0.0212. The fourth-order valence-electron chi connectivity index (χ4n) is 1.11. The van der Waals surface area contributed by atoms with Crippen molar-refractivity contribution in [2.24, 2.45) is 0 Å². The number of thiol groups is 1. The molecule has 0 saturated heterocycles. The molecular weight excluding hydrogens is 194 g/mol. The molecule has 0 aliphatic carbocycles. The van der Waals surface area contributed by atoms with E-state index in [1.807, 2.05) is 0 Å². The summed E-state index contributed by atoms with van der Waals surface area (Å²) in [5.41, 5.74) is -0.111. The van der Waals surface area contributed by atoms with Crippen molar-refractivity contribution in [3.63, 3.8) is 0 Å². The third kappa shape index (κ3) is 1.29. The van der Waals surface area contributed by atoms with Gasteiger partial charge in [0.1, 0.15) is 0 Å². The summed E-state index contributed by atoms with van der Waals surface area (Å²) in [4.78, 5) is 10.5. The number of hydrogen-bond donors (Lipinski definition) is 1. The monoisotopic (exact) mass is 199 g/mol. The van der Waals surface area contributed by atoms with Crippen LogP contribution >= 0.6 is 12.6 Å². The Morgan fingerprint density at radius 1 is 1.46 bits per heavy atom. The Kier molecular flexibility index (Phi) is 1.77. The molecule has 1 heterocycles. The molecule has 1 aromatic carbocycles. The van der Waals surface area contributed by atoms with Gasteiger partial charge in [0.2, 0.25) is 12.5 Å². The van der Waals surface area contributed by atoms with Crippen LogP contribution < -0.4 is 9.47 Å². The lowest BCUT2D eigenvalue weighted by atomic mass is 10.3. The average molecular weight is 199 g/mol. The van der Waals surface area contributed by atoms with Crippen LogP contribution in [0.1, 0.15) is 0 Å². The van der Waals surface area contributed by atoms with E-state index >= 15 is 0 Å². The van der Waals surface area contributed by atoms with Gasteiger partial charge < -0.3 is 9.47 Å². The number of nitro groups is 1. The maximum atomic E-state index is 10.5. The minimum Gasteiger partial charge on any atom is -0.453 e. The third-order valence-corrected chi connectivity index (χ3v) is 1.89. The fourth-order valence-corrected chi connectivity index (χ4v) is 1.35. The van der Waals surface area contributed by atoms with Crippen molar-refractivity contribution in [3.8, 4) is 11.5 Å². The van der Waals surface area contributed by atoms with E-state index in [2.05, 4.69) is 12.6 Å². The Labute approximate surface area is 78.8 Å². The van der Waals surface area contributed by atoms with E-state index in [1.54, 1.807) is 6.07 Å². The summed E-state index contributed by atoms with van der Waals surface area (Å²) in [6, 6.07) is 2.91. The van der Waals surface area contributed by atoms with Crippen LogP contribution in [-0.2, 0) is 0 Å². The van der Waals surface area contributed by atoms with E-state index in [4.69, 9.17) is 9.47 Å². The van der Waals surface area contributed by atoms with Crippen LogP contribution in [0.25, 0.3) is 0 Å². The van der Waals surface area contributed by atoms with Gasteiger partial charge >= 0.3 is 5.69 Å². The van der Waals surface area contributed by atoms with E-state index in [0.29, 0.717) is 10.6 Å². The van der Waals surface area contributed by atoms with Gasteiger partial charge in [-0.2, -0.15) is 0 Å². The van der Waals surface area contributed by atoms with E-state index in [9.17, 15) is 10.1 Å². The van der Waals surface area contributed by atoms with Crippen molar-refractivity contribution >= 4 is 18.3 Å². The molecule has 13 heavy (non-hydrogen) atoms. The zero-order chi connectivity index (χ0) is 9.42. The Bertz CT molecular complexity index is 379. The maximum Gasteiger partial charge on any atom is 0.316 e. The molecule has 0 saturated carbocycles. The van der Waals surface area contributed by atoms with Gasteiger partial charge in [0.25, 0.3) is 0 Å². The highest BCUT2D eigenvalue weighted by Crippen LogP contribution is 2.42. The Hall–Kier alpha value is -1.43. The SMILES string of the molecule is O=[N+]([O-])c1cc(S)cc2c1OCO2. The summed E-state index contributed by atoms with van der Waals surface area (Å²) >= 11 is 4.01. The van der Waals surface area contributed by atoms with Crippen molar-refractivity contribution in [1.82, 2.24) is 0 Å². The van der Waals surface area contributed by atoms with Crippen molar-refractivity contribution in [1.29, 1.82) is 0 Å². The van der Waals surface area contributed by atoms with Crippen LogP contribution in [-0.4, -0.2) is 11.7 Å². The molecule has 1 aliphatic heterocycles.